The van der Waals surface area contributed by atoms with Crippen molar-refractivity contribution in [2.45, 2.75) is 68.5 Å². The third kappa shape index (κ3) is 3.62. The minimum absolute atomic E-state index is 0.0239. The Morgan fingerprint density at radius 2 is 1.14 bits per heavy atom. The second kappa shape index (κ2) is 7.19. The highest BCUT2D eigenvalue weighted by atomic mass is 16.2. The molecule has 0 bridgehead atoms. The molecule has 0 N–H and O–H groups in total. The molecular weight excluding hydrogens is 352 g/mol. The first kappa shape index (κ1) is 21.9. The first-order chi connectivity index (χ1) is 12.8. The molecule has 1 aliphatic rings. The van der Waals surface area contributed by atoms with Crippen molar-refractivity contribution in [1.82, 2.24) is 9.13 Å². The monoisotopic (exact) mass is 384 g/mol. The molecule has 1 aliphatic carbocycles. The Kier molecular flexibility index (Phi) is 5.61. The van der Waals surface area contributed by atoms with E-state index in [0.29, 0.717) is 35.3 Å². The molecule has 0 saturated heterocycles. The second-order valence-corrected chi connectivity index (χ2v) is 9.29. The summed E-state index contributed by atoms with van der Waals surface area (Å²) in [5, 5.41) is 0.104. The molecular formula is C23H32N2O3. The first-order valence-electron chi connectivity index (χ1n) is 9.81. The van der Waals surface area contributed by atoms with Crippen LogP contribution >= 0.6 is 0 Å². The number of aromatic nitrogens is 2. The summed E-state index contributed by atoms with van der Waals surface area (Å²) in [5.74, 6) is -0.0239. The minimum Gasteiger partial charge on any atom is -0.295 e. The highest BCUT2D eigenvalue weighted by Crippen LogP contribution is 2.38. The van der Waals surface area contributed by atoms with Crippen LogP contribution < -0.4 is 21.8 Å². The fourth-order valence-corrected chi connectivity index (χ4v) is 3.53. The molecule has 0 unspecified atom stereocenters. The molecule has 0 saturated carbocycles. The standard InChI is InChI=1S/C23H32N2O3/c1-10-24-14(3)25(11-2)21(28)18(20(24)27)15-12-16(22(4,5)6)19(26)17(13-15)23(7,8)9/h12-13H,3,10-11H2,1-2,4-9H3. The van der Waals surface area contributed by atoms with Crippen LogP contribution in [-0.2, 0) is 17.9 Å². The lowest BCUT2D eigenvalue weighted by atomic mass is 9.72. The molecule has 1 aromatic heterocycles. The van der Waals surface area contributed by atoms with Gasteiger partial charge in [-0.15, -0.1) is 0 Å². The lowest BCUT2D eigenvalue weighted by Gasteiger charge is -2.31. The molecule has 2 rings (SSSR count). The number of allylic oxidation sites excluding steroid dienone is 4. The molecule has 1 aromatic rings. The zero-order chi connectivity index (χ0) is 21.6. The molecule has 0 radical (unpaired) electrons. The van der Waals surface area contributed by atoms with Crippen molar-refractivity contribution in [2.24, 2.45) is 10.8 Å². The molecule has 5 nitrogen and oxygen atoms in total. The van der Waals surface area contributed by atoms with E-state index in [0.717, 1.165) is 0 Å². The molecule has 0 aromatic carbocycles. The van der Waals surface area contributed by atoms with Gasteiger partial charge in [-0.3, -0.25) is 23.5 Å². The highest BCUT2D eigenvalue weighted by Gasteiger charge is 2.34. The smallest absolute Gasteiger partial charge is 0.265 e. The van der Waals surface area contributed by atoms with Gasteiger partial charge >= 0.3 is 0 Å². The molecule has 0 atom stereocenters. The van der Waals surface area contributed by atoms with Crippen LogP contribution in [0.4, 0.5) is 0 Å². The Morgan fingerprint density at radius 1 is 0.786 bits per heavy atom. The van der Waals surface area contributed by atoms with Crippen molar-refractivity contribution >= 4 is 17.9 Å². The summed E-state index contributed by atoms with van der Waals surface area (Å²) in [7, 11) is 0. The van der Waals surface area contributed by atoms with Gasteiger partial charge in [-0.1, -0.05) is 48.1 Å². The van der Waals surface area contributed by atoms with E-state index in [1.807, 2.05) is 55.4 Å². The first-order valence-corrected chi connectivity index (χ1v) is 9.81. The van der Waals surface area contributed by atoms with E-state index < -0.39 is 10.8 Å². The number of carbonyl (C=O) groups is 1. The lowest BCUT2D eigenvalue weighted by Crippen LogP contribution is -2.58. The van der Waals surface area contributed by atoms with Gasteiger partial charge in [0.2, 0.25) is 0 Å². The SMILES string of the molecule is C=c1n(CC)c(=O)c(=C2C=C(C(C)(C)C)C(=O)C(C(C)(C)C)=C2)c(=O)n1CC. The molecule has 1 heterocycles. The molecule has 0 aliphatic heterocycles. The molecule has 0 fully saturated rings. The van der Waals surface area contributed by atoms with E-state index in [9.17, 15) is 14.4 Å². The van der Waals surface area contributed by atoms with Gasteiger partial charge in [-0.2, -0.15) is 0 Å². The average Bonchev–Trinajstić information content (AvgIpc) is 2.54. The zero-order valence-electron chi connectivity index (χ0n) is 18.4. The maximum absolute atomic E-state index is 13.1. The normalized spacial score (nSPS) is 15.6. The Labute approximate surface area is 166 Å². The summed E-state index contributed by atoms with van der Waals surface area (Å²) in [5.41, 5.74) is 0.586. The van der Waals surface area contributed by atoms with E-state index in [2.05, 4.69) is 6.58 Å². The van der Waals surface area contributed by atoms with Gasteiger partial charge in [0.1, 0.15) is 10.7 Å². The van der Waals surface area contributed by atoms with Crippen molar-refractivity contribution in [3.05, 3.63) is 54.7 Å². The maximum atomic E-state index is 13.1. The number of ketones is 1. The van der Waals surface area contributed by atoms with Crippen molar-refractivity contribution in [2.75, 3.05) is 0 Å². The summed E-state index contributed by atoms with van der Waals surface area (Å²) in [6.45, 7) is 20.3. The van der Waals surface area contributed by atoms with Crippen LogP contribution in [-0.4, -0.2) is 14.9 Å². The largest absolute Gasteiger partial charge is 0.295 e. The third-order valence-corrected chi connectivity index (χ3v) is 5.17. The topological polar surface area (TPSA) is 61.1 Å². The van der Waals surface area contributed by atoms with E-state index in [1.165, 1.54) is 9.13 Å². The van der Waals surface area contributed by atoms with Crippen LogP contribution in [0.2, 0.25) is 0 Å². The fraction of sp³-hybridized carbons (Fsp3) is 0.522. The fourth-order valence-electron chi connectivity index (χ4n) is 3.53. The van der Waals surface area contributed by atoms with E-state index in [-0.39, 0.29) is 22.1 Å². The van der Waals surface area contributed by atoms with Gasteiger partial charge in [0.15, 0.2) is 5.78 Å². The van der Waals surface area contributed by atoms with Crippen molar-refractivity contribution < 1.29 is 4.79 Å². The Morgan fingerprint density at radius 3 is 1.43 bits per heavy atom. The van der Waals surface area contributed by atoms with E-state index in [4.69, 9.17) is 0 Å². The van der Waals surface area contributed by atoms with E-state index in [1.54, 1.807) is 12.2 Å². The van der Waals surface area contributed by atoms with Crippen LogP contribution in [0.5, 0.6) is 0 Å². The van der Waals surface area contributed by atoms with Crippen molar-refractivity contribution in [1.29, 1.82) is 0 Å². The Hall–Kier alpha value is -2.43. The van der Waals surface area contributed by atoms with Crippen LogP contribution in [0.3, 0.4) is 0 Å². The zero-order valence-corrected chi connectivity index (χ0v) is 18.4. The number of hydrogen-bond donors (Lipinski definition) is 0. The Balaban J connectivity index is 3.17. The predicted molar refractivity (Wildman–Crippen MR) is 115 cm³/mol. The highest BCUT2D eigenvalue weighted by molar-refractivity contribution is 6.14. The van der Waals surface area contributed by atoms with Gasteiger partial charge in [0.25, 0.3) is 11.1 Å². The number of nitrogens with zero attached hydrogens (tertiary/aromatic N) is 2. The molecule has 0 spiro atoms. The summed E-state index contributed by atoms with van der Waals surface area (Å²) >= 11 is 0. The summed E-state index contributed by atoms with van der Waals surface area (Å²) in [6, 6.07) is 0. The van der Waals surface area contributed by atoms with Crippen molar-refractivity contribution in [3.63, 3.8) is 0 Å². The van der Waals surface area contributed by atoms with Gasteiger partial charge in [-0.05, 0) is 42.4 Å². The maximum Gasteiger partial charge on any atom is 0.265 e. The van der Waals surface area contributed by atoms with Gasteiger partial charge in [-0.25, -0.2) is 0 Å². The predicted octanol–water partition coefficient (Wildman–Crippen LogP) is 2.14. The van der Waals surface area contributed by atoms with Crippen LogP contribution in [0.1, 0.15) is 55.4 Å². The minimum atomic E-state index is -0.410. The molecule has 5 heteroatoms. The van der Waals surface area contributed by atoms with Gasteiger partial charge in [0, 0.05) is 24.2 Å². The number of Topliss-reactive ketones (excluding diaryl/α,β-unsaturated/α-hetero) is 1. The lowest BCUT2D eigenvalue weighted by molar-refractivity contribution is -0.114. The number of hydrogen-bond acceptors (Lipinski definition) is 3. The average molecular weight is 385 g/mol. The molecule has 0 amide bonds. The number of rotatable bonds is 2. The second-order valence-electron chi connectivity index (χ2n) is 9.29. The van der Waals surface area contributed by atoms with Gasteiger partial charge in [0.05, 0.1) is 0 Å². The summed E-state index contributed by atoms with van der Waals surface area (Å²) in [6.07, 6.45) is 3.44. The quantitative estimate of drug-likeness (QED) is 0.785. The molecule has 28 heavy (non-hydrogen) atoms. The summed E-state index contributed by atoms with van der Waals surface area (Å²) in [4.78, 5) is 39.4. The van der Waals surface area contributed by atoms with Crippen LogP contribution in [0.15, 0.2) is 32.9 Å². The number of carbonyl (C=O) groups excluding carboxylic acids is 1. The third-order valence-electron chi connectivity index (χ3n) is 5.17. The van der Waals surface area contributed by atoms with Gasteiger partial charge < -0.3 is 0 Å². The van der Waals surface area contributed by atoms with Crippen LogP contribution in [0.25, 0.3) is 12.2 Å². The van der Waals surface area contributed by atoms with Crippen LogP contribution in [0, 0.1) is 10.8 Å². The summed E-state index contributed by atoms with van der Waals surface area (Å²) < 4.78 is 3.03. The molecule has 152 valence electrons. The Bertz CT molecular complexity index is 1030. The van der Waals surface area contributed by atoms with E-state index >= 15 is 0 Å². The van der Waals surface area contributed by atoms with Crippen molar-refractivity contribution in [3.8, 4) is 0 Å².